The maximum atomic E-state index is 11.4. The number of hydrogen-bond donors (Lipinski definition) is 0. The number of benzene rings is 1. The maximum absolute atomic E-state index is 11.4. The lowest BCUT2D eigenvalue weighted by atomic mass is 10.1. The minimum absolute atomic E-state index is 0.367. The van der Waals surface area contributed by atoms with E-state index in [1.165, 1.54) is 0 Å². The molecular weight excluding hydrogens is 190 g/mol. The summed E-state index contributed by atoms with van der Waals surface area (Å²) in [6.45, 7) is 3.54. The Morgan fingerprint density at radius 1 is 1.27 bits per heavy atom. The van der Waals surface area contributed by atoms with Crippen molar-refractivity contribution in [1.82, 2.24) is 0 Å². The van der Waals surface area contributed by atoms with Crippen molar-refractivity contribution in [2.75, 3.05) is 0 Å². The summed E-state index contributed by atoms with van der Waals surface area (Å²) >= 11 is 0. The first-order valence-electron chi connectivity index (χ1n) is 4.72. The number of carbonyl (C=O) groups is 1. The first kappa shape index (κ1) is 9.65. The van der Waals surface area contributed by atoms with Crippen molar-refractivity contribution in [2.45, 2.75) is 13.8 Å². The van der Waals surface area contributed by atoms with Crippen LogP contribution in [0.1, 0.15) is 19.4 Å². The molecular formula is C12H11NO2. The first-order valence-corrected chi connectivity index (χ1v) is 4.72. The molecule has 0 saturated carbocycles. The van der Waals surface area contributed by atoms with Crippen molar-refractivity contribution >= 4 is 17.4 Å². The Balaban J connectivity index is 2.47. The zero-order valence-corrected chi connectivity index (χ0v) is 8.65. The third-order valence-electron chi connectivity index (χ3n) is 2.27. The number of hydrogen-bond acceptors (Lipinski definition) is 3. The fourth-order valence-electron chi connectivity index (χ4n) is 1.47. The van der Waals surface area contributed by atoms with Crippen molar-refractivity contribution in [1.29, 1.82) is 0 Å². The Morgan fingerprint density at radius 2 is 1.93 bits per heavy atom. The van der Waals surface area contributed by atoms with E-state index in [0.29, 0.717) is 11.6 Å². The third-order valence-corrected chi connectivity index (χ3v) is 2.27. The van der Waals surface area contributed by atoms with E-state index in [-0.39, 0.29) is 5.97 Å². The van der Waals surface area contributed by atoms with Crippen LogP contribution in [0.2, 0.25) is 0 Å². The smallest absolute Gasteiger partial charge is 0.363 e. The molecule has 0 bridgehead atoms. The van der Waals surface area contributed by atoms with Crippen LogP contribution in [0.3, 0.4) is 0 Å². The van der Waals surface area contributed by atoms with Crippen molar-refractivity contribution in [3.8, 4) is 0 Å². The van der Waals surface area contributed by atoms with E-state index in [0.717, 1.165) is 11.1 Å². The Bertz CT molecular complexity index is 458. The van der Waals surface area contributed by atoms with Gasteiger partial charge in [0.05, 0.1) is 0 Å². The quantitative estimate of drug-likeness (QED) is 0.517. The molecule has 0 saturated heterocycles. The highest BCUT2D eigenvalue weighted by atomic mass is 16.6. The summed E-state index contributed by atoms with van der Waals surface area (Å²) in [5.74, 6) is 0.0409. The Hall–Kier alpha value is -1.90. The third kappa shape index (κ3) is 1.81. The molecule has 0 unspecified atom stereocenters. The van der Waals surface area contributed by atoms with Crippen LogP contribution in [0.5, 0.6) is 0 Å². The van der Waals surface area contributed by atoms with E-state index in [4.69, 9.17) is 4.74 Å². The molecule has 1 aromatic rings. The van der Waals surface area contributed by atoms with Crippen LogP contribution >= 0.6 is 0 Å². The molecule has 0 aliphatic carbocycles. The zero-order valence-electron chi connectivity index (χ0n) is 8.65. The number of carbonyl (C=O) groups excluding carboxylic acids is 1. The lowest BCUT2D eigenvalue weighted by molar-refractivity contribution is -0.130. The Kier molecular flexibility index (Phi) is 2.37. The Labute approximate surface area is 88.1 Å². The zero-order chi connectivity index (χ0) is 10.8. The number of nitrogens with zero attached hydrogens (tertiary/aromatic N) is 1. The summed E-state index contributed by atoms with van der Waals surface area (Å²) in [6, 6.07) is 9.67. The molecule has 0 fully saturated rings. The summed E-state index contributed by atoms with van der Waals surface area (Å²) in [6.07, 6.45) is 0. The predicted octanol–water partition coefficient (Wildman–Crippen LogP) is 2.39. The number of ether oxygens (including phenoxy) is 1. The second kappa shape index (κ2) is 3.69. The normalized spacial score (nSPS) is 18.5. The fourth-order valence-corrected chi connectivity index (χ4v) is 1.47. The molecule has 0 atom stereocenters. The molecule has 1 heterocycles. The van der Waals surface area contributed by atoms with E-state index in [9.17, 15) is 4.79 Å². The van der Waals surface area contributed by atoms with Crippen LogP contribution < -0.4 is 0 Å². The molecule has 1 aliphatic rings. The molecule has 0 aromatic heterocycles. The van der Waals surface area contributed by atoms with E-state index in [1.807, 2.05) is 37.3 Å². The van der Waals surface area contributed by atoms with Gasteiger partial charge >= 0.3 is 5.97 Å². The van der Waals surface area contributed by atoms with Gasteiger partial charge in [-0.05, 0) is 18.1 Å². The largest absolute Gasteiger partial charge is 0.407 e. The Morgan fingerprint density at radius 3 is 2.47 bits per heavy atom. The average molecular weight is 201 g/mol. The number of cyclic esters (lactones) is 1. The van der Waals surface area contributed by atoms with Crippen LogP contribution in [-0.4, -0.2) is 11.9 Å². The highest BCUT2D eigenvalue weighted by Gasteiger charge is 2.22. The van der Waals surface area contributed by atoms with Gasteiger partial charge in [-0.1, -0.05) is 30.3 Å². The standard InChI is InChI=1S/C12H11NO2/c1-8(10-6-4-3-5-7-10)11-12(14)15-9(2)13-11/h3-7H,1-2H3/b11-8+. The number of rotatable bonds is 1. The number of esters is 1. The predicted molar refractivity (Wildman–Crippen MR) is 58.2 cm³/mol. The fraction of sp³-hybridized carbons (Fsp3) is 0.167. The topological polar surface area (TPSA) is 38.7 Å². The molecule has 76 valence electrons. The van der Waals surface area contributed by atoms with Gasteiger partial charge in [0.1, 0.15) is 0 Å². The molecule has 15 heavy (non-hydrogen) atoms. The molecule has 2 rings (SSSR count). The van der Waals surface area contributed by atoms with Crippen molar-refractivity contribution < 1.29 is 9.53 Å². The van der Waals surface area contributed by atoms with Gasteiger partial charge in [-0.15, -0.1) is 0 Å². The average Bonchev–Trinajstić information content (AvgIpc) is 2.58. The second-order valence-electron chi connectivity index (χ2n) is 3.36. The number of allylic oxidation sites excluding steroid dienone is 1. The van der Waals surface area contributed by atoms with Gasteiger partial charge in [-0.25, -0.2) is 9.79 Å². The highest BCUT2D eigenvalue weighted by Crippen LogP contribution is 2.23. The second-order valence-corrected chi connectivity index (χ2v) is 3.36. The van der Waals surface area contributed by atoms with Gasteiger partial charge in [0.25, 0.3) is 0 Å². The van der Waals surface area contributed by atoms with Gasteiger partial charge in [-0.3, -0.25) is 0 Å². The van der Waals surface area contributed by atoms with Gasteiger partial charge in [0.2, 0.25) is 0 Å². The lowest BCUT2D eigenvalue weighted by Gasteiger charge is -2.01. The molecule has 1 aromatic carbocycles. The summed E-state index contributed by atoms with van der Waals surface area (Å²) in [4.78, 5) is 15.5. The van der Waals surface area contributed by atoms with E-state index in [1.54, 1.807) is 6.92 Å². The van der Waals surface area contributed by atoms with Gasteiger partial charge < -0.3 is 4.74 Å². The lowest BCUT2D eigenvalue weighted by Crippen LogP contribution is -2.01. The minimum atomic E-state index is -0.367. The summed E-state index contributed by atoms with van der Waals surface area (Å²) < 4.78 is 4.87. The molecule has 3 heteroatoms. The first-order chi connectivity index (χ1) is 7.18. The SMILES string of the molecule is CC1=N/C(=C(\C)c2ccccc2)C(=O)O1. The summed E-state index contributed by atoms with van der Waals surface area (Å²) in [5.41, 5.74) is 2.24. The van der Waals surface area contributed by atoms with Crippen molar-refractivity contribution in [3.63, 3.8) is 0 Å². The monoisotopic (exact) mass is 201 g/mol. The van der Waals surface area contributed by atoms with Crippen LogP contribution in [0.4, 0.5) is 0 Å². The van der Waals surface area contributed by atoms with Gasteiger partial charge in [-0.2, -0.15) is 0 Å². The van der Waals surface area contributed by atoms with E-state index >= 15 is 0 Å². The maximum Gasteiger partial charge on any atom is 0.363 e. The summed E-state index contributed by atoms with van der Waals surface area (Å²) in [7, 11) is 0. The van der Waals surface area contributed by atoms with Crippen molar-refractivity contribution in [2.24, 2.45) is 4.99 Å². The van der Waals surface area contributed by atoms with Crippen molar-refractivity contribution in [3.05, 3.63) is 41.6 Å². The molecule has 0 spiro atoms. The summed E-state index contributed by atoms with van der Waals surface area (Å²) in [5, 5.41) is 0. The van der Waals surface area contributed by atoms with Crippen LogP contribution in [0, 0.1) is 0 Å². The minimum Gasteiger partial charge on any atom is -0.407 e. The van der Waals surface area contributed by atoms with Crippen LogP contribution in [0.15, 0.2) is 41.0 Å². The molecule has 1 aliphatic heterocycles. The van der Waals surface area contributed by atoms with Gasteiger partial charge in [0.15, 0.2) is 11.6 Å². The highest BCUT2D eigenvalue weighted by molar-refractivity contribution is 6.08. The van der Waals surface area contributed by atoms with Crippen LogP contribution in [-0.2, 0) is 9.53 Å². The molecule has 0 amide bonds. The molecule has 3 nitrogen and oxygen atoms in total. The van der Waals surface area contributed by atoms with Crippen LogP contribution in [0.25, 0.3) is 5.57 Å². The molecule has 0 N–H and O–H groups in total. The van der Waals surface area contributed by atoms with E-state index < -0.39 is 0 Å². The van der Waals surface area contributed by atoms with E-state index in [2.05, 4.69) is 4.99 Å². The molecule has 0 radical (unpaired) electrons. The number of aliphatic imine (C=N–C) groups is 1. The van der Waals surface area contributed by atoms with Gasteiger partial charge in [0, 0.05) is 6.92 Å².